The number of amides is 1. The summed E-state index contributed by atoms with van der Waals surface area (Å²) in [7, 11) is 0. The Balaban J connectivity index is 2.76. The maximum Gasteiger partial charge on any atom is 0.329 e. The molecule has 0 aromatic carbocycles. The van der Waals surface area contributed by atoms with Crippen molar-refractivity contribution in [1.82, 2.24) is 9.80 Å². The molecule has 0 radical (unpaired) electrons. The largest absolute Gasteiger partial charge is 0.479 e. The summed E-state index contributed by atoms with van der Waals surface area (Å²) in [6.45, 7) is 6.89. The molecule has 1 N–H and O–H groups in total. The van der Waals surface area contributed by atoms with Crippen molar-refractivity contribution in [3.63, 3.8) is 0 Å². The summed E-state index contributed by atoms with van der Waals surface area (Å²) in [6, 6.07) is 0. The number of hydrogen-bond donors (Lipinski definition) is 1. The minimum atomic E-state index is -0.985. The second kappa shape index (κ2) is 6.00. The predicted molar refractivity (Wildman–Crippen MR) is 64.8 cm³/mol. The minimum absolute atomic E-state index is 0.448. The third kappa shape index (κ3) is 2.77. The molecule has 5 nitrogen and oxygen atoms in total. The average Bonchev–Trinajstić information content (AvgIpc) is 2.33. The number of carbonyl (C=O) groups excluding carboxylic acids is 1. The van der Waals surface area contributed by atoms with Crippen LogP contribution in [0.1, 0.15) is 33.1 Å². The summed E-state index contributed by atoms with van der Waals surface area (Å²) in [5.41, 5.74) is -0.985. The van der Waals surface area contributed by atoms with Crippen molar-refractivity contribution < 1.29 is 14.7 Å². The summed E-state index contributed by atoms with van der Waals surface area (Å²) < 4.78 is 0. The lowest BCUT2D eigenvalue weighted by Gasteiger charge is -2.43. The van der Waals surface area contributed by atoms with Crippen LogP contribution in [0.25, 0.3) is 0 Å². The number of aliphatic carboxylic acids is 1. The summed E-state index contributed by atoms with van der Waals surface area (Å²) in [5.74, 6) is -0.873. The highest BCUT2D eigenvalue weighted by Crippen LogP contribution is 2.28. The number of carboxylic acid groups (broad SMARTS) is 1. The number of piperidine rings is 1. The van der Waals surface area contributed by atoms with E-state index in [9.17, 15) is 14.7 Å². The average molecular weight is 242 g/mol. The van der Waals surface area contributed by atoms with E-state index >= 15 is 0 Å². The highest BCUT2D eigenvalue weighted by Gasteiger charge is 2.45. The number of carbonyl (C=O) groups is 2. The van der Waals surface area contributed by atoms with Crippen LogP contribution in [0.2, 0.25) is 0 Å². The Morgan fingerprint density at radius 3 is 2.35 bits per heavy atom. The lowest BCUT2D eigenvalue weighted by Crippen LogP contribution is -2.59. The van der Waals surface area contributed by atoms with Gasteiger partial charge in [-0.2, -0.15) is 0 Å². The number of likely N-dealkylation sites (N-methyl/N-ethyl adjacent to an activating group) is 1. The van der Waals surface area contributed by atoms with E-state index in [-0.39, 0.29) is 0 Å². The van der Waals surface area contributed by atoms with Crippen LogP contribution in [-0.2, 0) is 9.59 Å². The molecule has 0 atom stereocenters. The quantitative estimate of drug-likeness (QED) is 0.700. The molecule has 1 heterocycles. The van der Waals surface area contributed by atoms with Gasteiger partial charge in [0.2, 0.25) is 6.41 Å². The molecule has 1 aliphatic heterocycles. The van der Waals surface area contributed by atoms with Crippen molar-refractivity contribution in [2.24, 2.45) is 0 Å². The summed E-state index contributed by atoms with van der Waals surface area (Å²) >= 11 is 0. The summed E-state index contributed by atoms with van der Waals surface area (Å²) in [4.78, 5) is 26.2. The second-order valence-corrected chi connectivity index (χ2v) is 4.57. The first kappa shape index (κ1) is 14.0. The molecule has 1 fully saturated rings. The predicted octanol–water partition coefficient (Wildman–Crippen LogP) is 0.794. The van der Waals surface area contributed by atoms with E-state index in [0.29, 0.717) is 25.8 Å². The van der Waals surface area contributed by atoms with Crippen LogP contribution >= 0.6 is 0 Å². The van der Waals surface area contributed by atoms with Crippen molar-refractivity contribution >= 4 is 12.4 Å². The monoisotopic (exact) mass is 242 g/mol. The van der Waals surface area contributed by atoms with E-state index in [1.54, 1.807) is 0 Å². The fourth-order valence-electron chi connectivity index (χ4n) is 2.56. The minimum Gasteiger partial charge on any atom is -0.479 e. The van der Waals surface area contributed by atoms with Gasteiger partial charge in [-0.3, -0.25) is 4.79 Å². The molecule has 0 aromatic heterocycles. The molecule has 5 heteroatoms. The van der Waals surface area contributed by atoms with Gasteiger partial charge in [0, 0.05) is 19.6 Å². The maximum atomic E-state index is 11.5. The Labute approximate surface area is 102 Å². The molecule has 1 rings (SSSR count). The third-order valence-corrected chi connectivity index (χ3v) is 3.64. The maximum absolute atomic E-state index is 11.5. The van der Waals surface area contributed by atoms with Crippen molar-refractivity contribution in [3.05, 3.63) is 0 Å². The highest BCUT2D eigenvalue weighted by molar-refractivity contribution is 5.81. The summed E-state index contributed by atoms with van der Waals surface area (Å²) in [5, 5.41) is 9.42. The van der Waals surface area contributed by atoms with E-state index in [1.165, 1.54) is 4.90 Å². The number of hydrogen-bond acceptors (Lipinski definition) is 3. The van der Waals surface area contributed by atoms with E-state index in [1.807, 2.05) is 6.92 Å². The third-order valence-electron chi connectivity index (χ3n) is 3.64. The van der Waals surface area contributed by atoms with Crippen molar-refractivity contribution in [1.29, 1.82) is 0 Å². The fraction of sp³-hybridized carbons (Fsp3) is 0.833. The topological polar surface area (TPSA) is 60.9 Å². The van der Waals surface area contributed by atoms with Crippen molar-refractivity contribution in [2.45, 2.75) is 38.6 Å². The molecule has 0 saturated carbocycles. The Morgan fingerprint density at radius 1 is 1.41 bits per heavy atom. The Kier molecular flexibility index (Phi) is 4.93. The van der Waals surface area contributed by atoms with E-state index < -0.39 is 11.5 Å². The molecule has 0 aromatic rings. The van der Waals surface area contributed by atoms with E-state index in [2.05, 4.69) is 11.8 Å². The SMILES string of the molecule is CCCN1CCC(C(=O)O)(N(C=O)CC)CC1. The van der Waals surface area contributed by atoms with Gasteiger partial charge < -0.3 is 14.9 Å². The normalized spacial score (nSPS) is 19.9. The molecular formula is C12H22N2O3. The number of nitrogens with zero attached hydrogens (tertiary/aromatic N) is 2. The number of likely N-dealkylation sites (tertiary alicyclic amines) is 1. The lowest BCUT2D eigenvalue weighted by molar-refractivity contribution is -0.158. The molecule has 1 amide bonds. The smallest absolute Gasteiger partial charge is 0.329 e. The van der Waals surface area contributed by atoms with Crippen LogP contribution in [0.4, 0.5) is 0 Å². The second-order valence-electron chi connectivity index (χ2n) is 4.57. The van der Waals surface area contributed by atoms with Gasteiger partial charge >= 0.3 is 5.97 Å². The first-order chi connectivity index (χ1) is 8.10. The summed E-state index contributed by atoms with van der Waals surface area (Å²) in [6.07, 6.45) is 2.79. The Morgan fingerprint density at radius 2 is 2.00 bits per heavy atom. The molecule has 17 heavy (non-hydrogen) atoms. The van der Waals surface area contributed by atoms with Gasteiger partial charge in [-0.1, -0.05) is 6.92 Å². The Bertz CT molecular complexity index is 273. The zero-order chi connectivity index (χ0) is 12.9. The first-order valence-electron chi connectivity index (χ1n) is 6.28. The lowest BCUT2D eigenvalue weighted by atomic mass is 9.86. The van der Waals surface area contributed by atoms with Gasteiger partial charge in [-0.25, -0.2) is 4.79 Å². The van der Waals surface area contributed by atoms with Crippen molar-refractivity contribution in [2.75, 3.05) is 26.2 Å². The fourth-order valence-corrected chi connectivity index (χ4v) is 2.56. The van der Waals surface area contributed by atoms with Crippen molar-refractivity contribution in [3.8, 4) is 0 Å². The van der Waals surface area contributed by atoms with Gasteiger partial charge in [-0.05, 0) is 32.7 Å². The van der Waals surface area contributed by atoms with Gasteiger partial charge in [-0.15, -0.1) is 0 Å². The van der Waals surface area contributed by atoms with Crippen LogP contribution in [0.5, 0.6) is 0 Å². The molecule has 0 bridgehead atoms. The molecule has 98 valence electrons. The first-order valence-corrected chi connectivity index (χ1v) is 6.28. The van der Waals surface area contributed by atoms with Gasteiger partial charge in [0.05, 0.1) is 0 Å². The standard InChI is InChI=1S/C12H22N2O3/c1-3-7-13-8-5-12(6-9-13,11(16)17)14(4-2)10-15/h10H,3-9H2,1-2H3,(H,16,17). The molecule has 0 spiro atoms. The molecule has 0 aliphatic carbocycles. The van der Waals surface area contributed by atoms with Gasteiger partial charge in [0.1, 0.15) is 5.54 Å². The van der Waals surface area contributed by atoms with Crippen LogP contribution in [0.15, 0.2) is 0 Å². The Hall–Kier alpha value is -1.10. The van der Waals surface area contributed by atoms with E-state index in [4.69, 9.17) is 0 Å². The van der Waals surface area contributed by atoms with Crippen LogP contribution < -0.4 is 0 Å². The zero-order valence-corrected chi connectivity index (χ0v) is 10.7. The van der Waals surface area contributed by atoms with Gasteiger partial charge in [0.15, 0.2) is 0 Å². The highest BCUT2D eigenvalue weighted by atomic mass is 16.4. The molecule has 0 unspecified atom stereocenters. The van der Waals surface area contributed by atoms with E-state index in [0.717, 1.165) is 26.1 Å². The molecule has 1 aliphatic rings. The van der Waals surface area contributed by atoms with Crippen LogP contribution in [-0.4, -0.2) is 59.0 Å². The number of carboxylic acids is 1. The molecule has 1 saturated heterocycles. The van der Waals surface area contributed by atoms with Crippen LogP contribution in [0.3, 0.4) is 0 Å². The number of rotatable bonds is 6. The zero-order valence-electron chi connectivity index (χ0n) is 10.7. The molecular weight excluding hydrogens is 220 g/mol. The van der Waals surface area contributed by atoms with Crippen LogP contribution in [0, 0.1) is 0 Å². The van der Waals surface area contributed by atoms with Gasteiger partial charge in [0.25, 0.3) is 0 Å².